The highest BCUT2D eigenvalue weighted by Gasteiger charge is 2.13. The quantitative estimate of drug-likeness (QED) is 0.570. The molecule has 1 N–H and O–H groups in total. The summed E-state index contributed by atoms with van der Waals surface area (Å²) >= 11 is 17.8. The summed E-state index contributed by atoms with van der Waals surface area (Å²) in [5.41, 5.74) is 0. The lowest BCUT2D eigenvalue weighted by Crippen LogP contribution is -2.45. The molecule has 0 spiro atoms. The topological polar surface area (TPSA) is 44.8 Å². The van der Waals surface area contributed by atoms with Crippen LogP contribution in [0.3, 0.4) is 0 Å². The van der Waals surface area contributed by atoms with Crippen LogP contribution in [0.4, 0.5) is 0 Å². The molecule has 0 saturated carbocycles. The number of halogens is 3. The van der Waals surface area contributed by atoms with E-state index >= 15 is 0 Å². The highest BCUT2D eigenvalue weighted by Crippen LogP contribution is 2.33. The van der Waals surface area contributed by atoms with Gasteiger partial charge in [0, 0.05) is 38.8 Å². The van der Waals surface area contributed by atoms with Crippen LogP contribution >= 0.6 is 34.8 Å². The third kappa shape index (κ3) is 6.30. The monoisotopic (exact) mass is 393 g/mol. The Morgan fingerprint density at radius 2 is 1.79 bits per heavy atom. The van der Waals surface area contributed by atoms with E-state index in [2.05, 4.69) is 22.2 Å². The molecule has 1 aliphatic heterocycles. The predicted molar refractivity (Wildman–Crippen MR) is 98.5 cm³/mol. The molecule has 0 aliphatic carbocycles. The fourth-order valence-corrected chi connectivity index (χ4v) is 3.00. The number of piperazine rings is 1. The zero-order chi connectivity index (χ0) is 17.5. The van der Waals surface area contributed by atoms with Crippen LogP contribution in [0.25, 0.3) is 0 Å². The second-order valence-corrected chi connectivity index (χ2v) is 7.06. The zero-order valence-corrected chi connectivity index (χ0v) is 15.9. The molecule has 8 heteroatoms. The van der Waals surface area contributed by atoms with Crippen molar-refractivity contribution in [1.29, 1.82) is 0 Å². The van der Waals surface area contributed by atoms with E-state index in [9.17, 15) is 4.79 Å². The van der Waals surface area contributed by atoms with Gasteiger partial charge in [-0.1, -0.05) is 34.8 Å². The molecule has 0 unspecified atom stereocenters. The fraction of sp³-hybridized carbons (Fsp3) is 0.562. The van der Waals surface area contributed by atoms with Crippen LogP contribution < -0.4 is 10.1 Å². The maximum absolute atomic E-state index is 11.8. The normalized spacial score (nSPS) is 16.2. The van der Waals surface area contributed by atoms with Gasteiger partial charge in [-0.05, 0) is 26.1 Å². The van der Waals surface area contributed by atoms with E-state index in [-0.39, 0.29) is 12.5 Å². The third-order valence-electron chi connectivity index (χ3n) is 3.90. The molecule has 5 nitrogen and oxygen atoms in total. The number of hydrogen-bond acceptors (Lipinski definition) is 4. The molecule has 1 aromatic carbocycles. The number of nitrogens with one attached hydrogen (secondary N) is 1. The van der Waals surface area contributed by atoms with Gasteiger partial charge in [-0.15, -0.1) is 0 Å². The van der Waals surface area contributed by atoms with Gasteiger partial charge in [0.15, 0.2) is 6.61 Å². The van der Waals surface area contributed by atoms with E-state index in [0.29, 0.717) is 27.4 Å². The van der Waals surface area contributed by atoms with Gasteiger partial charge >= 0.3 is 0 Å². The Bertz CT molecular complexity index is 564. The van der Waals surface area contributed by atoms with E-state index in [0.717, 1.165) is 39.1 Å². The average molecular weight is 395 g/mol. The minimum absolute atomic E-state index is 0.105. The molecule has 0 radical (unpaired) electrons. The Hall–Kier alpha value is -0.720. The van der Waals surface area contributed by atoms with Crippen LogP contribution in [0.15, 0.2) is 12.1 Å². The Balaban J connectivity index is 1.62. The average Bonchev–Trinajstić information content (AvgIpc) is 2.55. The molecule has 1 saturated heterocycles. The molecule has 1 amide bonds. The second-order valence-electron chi connectivity index (χ2n) is 5.83. The zero-order valence-electron chi connectivity index (χ0n) is 13.7. The molecule has 1 aliphatic rings. The molecule has 0 atom stereocenters. The molecular weight excluding hydrogens is 373 g/mol. The number of nitrogens with zero attached hydrogens (tertiary/aromatic N) is 2. The van der Waals surface area contributed by atoms with E-state index in [4.69, 9.17) is 39.5 Å². The molecule has 24 heavy (non-hydrogen) atoms. The first-order valence-corrected chi connectivity index (χ1v) is 9.04. The van der Waals surface area contributed by atoms with E-state index in [1.807, 2.05) is 0 Å². The summed E-state index contributed by atoms with van der Waals surface area (Å²) in [6.07, 6.45) is 0.920. The maximum Gasteiger partial charge on any atom is 0.257 e. The summed E-state index contributed by atoms with van der Waals surface area (Å²) in [5.74, 6) is 0.161. The first kappa shape index (κ1) is 19.6. The third-order valence-corrected chi connectivity index (χ3v) is 4.92. The van der Waals surface area contributed by atoms with Gasteiger partial charge in [-0.3, -0.25) is 4.79 Å². The first-order valence-electron chi connectivity index (χ1n) is 7.90. The molecule has 0 bridgehead atoms. The maximum atomic E-state index is 11.8. The Kier molecular flexibility index (Phi) is 7.91. The molecule has 1 fully saturated rings. The standard InChI is InChI=1S/C16H22Cl3N3O2/c1-21-5-7-22(8-6-21)4-2-3-20-16(23)11-24-15-10-13(18)12(17)9-14(15)19/h9-10H,2-8,11H2,1H3,(H,20,23). The van der Waals surface area contributed by atoms with Crippen molar-refractivity contribution < 1.29 is 9.53 Å². The minimum atomic E-state index is -0.185. The van der Waals surface area contributed by atoms with Crippen molar-refractivity contribution in [3.05, 3.63) is 27.2 Å². The SMILES string of the molecule is CN1CCN(CCCNC(=O)COc2cc(Cl)c(Cl)cc2Cl)CC1. The molecule has 134 valence electrons. The minimum Gasteiger partial charge on any atom is -0.482 e. The number of carbonyl (C=O) groups is 1. The highest BCUT2D eigenvalue weighted by molar-refractivity contribution is 6.43. The Morgan fingerprint density at radius 1 is 1.12 bits per heavy atom. The van der Waals surface area contributed by atoms with Crippen LogP contribution in [0.1, 0.15) is 6.42 Å². The van der Waals surface area contributed by atoms with Crippen molar-refractivity contribution in [3.8, 4) is 5.75 Å². The Morgan fingerprint density at radius 3 is 2.50 bits per heavy atom. The number of carbonyl (C=O) groups excluding carboxylic acids is 1. The van der Waals surface area contributed by atoms with Gasteiger partial charge in [-0.2, -0.15) is 0 Å². The molecular formula is C16H22Cl3N3O2. The van der Waals surface area contributed by atoms with E-state index < -0.39 is 0 Å². The smallest absolute Gasteiger partial charge is 0.257 e. The lowest BCUT2D eigenvalue weighted by molar-refractivity contribution is -0.123. The summed E-state index contributed by atoms with van der Waals surface area (Å²) in [6, 6.07) is 3.00. The fourth-order valence-electron chi connectivity index (χ4n) is 2.41. The van der Waals surface area contributed by atoms with Crippen LogP contribution in [0.5, 0.6) is 5.75 Å². The van der Waals surface area contributed by atoms with Gasteiger partial charge < -0.3 is 19.9 Å². The molecule has 0 aromatic heterocycles. The van der Waals surface area contributed by atoms with Crippen molar-refractivity contribution in [1.82, 2.24) is 15.1 Å². The van der Waals surface area contributed by atoms with Crippen molar-refractivity contribution in [2.45, 2.75) is 6.42 Å². The van der Waals surface area contributed by atoms with Crippen LogP contribution in [0.2, 0.25) is 15.1 Å². The number of ether oxygens (including phenoxy) is 1. The van der Waals surface area contributed by atoms with E-state index in [1.54, 1.807) is 0 Å². The van der Waals surface area contributed by atoms with Gasteiger partial charge in [0.25, 0.3) is 5.91 Å². The van der Waals surface area contributed by atoms with Gasteiger partial charge in [0.2, 0.25) is 0 Å². The largest absolute Gasteiger partial charge is 0.482 e. The second kappa shape index (κ2) is 9.68. The molecule has 1 aromatic rings. The van der Waals surface area contributed by atoms with Crippen molar-refractivity contribution in [2.24, 2.45) is 0 Å². The molecule has 1 heterocycles. The summed E-state index contributed by atoms with van der Waals surface area (Å²) in [7, 11) is 2.14. The van der Waals surface area contributed by atoms with Crippen LogP contribution in [-0.4, -0.2) is 68.6 Å². The van der Waals surface area contributed by atoms with Crippen molar-refractivity contribution in [3.63, 3.8) is 0 Å². The van der Waals surface area contributed by atoms with Gasteiger partial charge in [0.1, 0.15) is 5.75 Å². The van der Waals surface area contributed by atoms with Crippen molar-refractivity contribution >= 4 is 40.7 Å². The van der Waals surface area contributed by atoms with Crippen LogP contribution in [0, 0.1) is 0 Å². The number of amides is 1. The number of likely N-dealkylation sites (N-methyl/N-ethyl adjacent to an activating group) is 1. The highest BCUT2D eigenvalue weighted by atomic mass is 35.5. The lowest BCUT2D eigenvalue weighted by Gasteiger charge is -2.32. The Labute approximate surface area is 157 Å². The predicted octanol–water partition coefficient (Wildman–Crippen LogP) is 2.78. The van der Waals surface area contributed by atoms with Gasteiger partial charge in [-0.25, -0.2) is 0 Å². The van der Waals surface area contributed by atoms with Crippen molar-refractivity contribution in [2.75, 3.05) is 52.9 Å². The summed E-state index contributed by atoms with van der Waals surface area (Å²) in [6.45, 7) is 5.89. The summed E-state index contributed by atoms with van der Waals surface area (Å²) in [4.78, 5) is 16.6. The number of hydrogen-bond donors (Lipinski definition) is 1. The van der Waals surface area contributed by atoms with Gasteiger partial charge in [0.05, 0.1) is 15.1 Å². The number of rotatable bonds is 7. The first-order chi connectivity index (χ1) is 11.5. The van der Waals surface area contributed by atoms with Crippen LogP contribution in [-0.2, 0) is 4.79 Å². The lowest BCUT2D eigenvalue weighted by atomic mass is 10.3. The summed E-state index contributed by atoms with van der Waals surface area (Å²) < 4.78 is 5.39. The molecule has 2 rings (SSSR count). The number of benzene rings is 1. The van der Waals surface area contributed by atoms with E-state index in [1.165, 1.54) is 12.1 Å². The summed E-state index contributed by atoms with van der Waals surface area (Å²) in [5, 5.41) is 3.86.